The summed E-state index contributed by atoms with van der Waals surface area (Å²) in [6, 6.07) is 10.4. The van der Waals surface area contributed by atoms with Crippen LogP contribution < -0.4 is 15.5 Å². The SMILES string of the molecule is COCC(NC(=O)c1ccc(N2CCCNCC2)c(Cl)c1)c1nc2ccc(Cl)cc2[nH]1. The normalized spacial score (nSPS) is 15.6. The number of methoxy groups -OCH3 is 1. The zero-order valence-electron chi connectivity index (χ0n) is 17.3. The molecule has 0 saturated carbocycles. The number of carbonyl (C=O) groups is 1. The first-order valence-electron chi connectivity index (χ1n) is 10.3. The molecule has 0 bridgehead atoms. The number of hydrogen-bond acceptors (Lipinski definition) is 5. The molecule has 1 aliphatic heterocycles. The lowest BCUT2D eigenvalue weighted by molar-refractivity contribution is 0.0892. The largest absolute Gasteiger partial charge is 0.382 e. The lowest BCUT2D eigenvalue weighted by Gasteiger charge is -2.24. The molecule has 2 aromatic carbocycles. The van der Waals surface area contributed by atoms with Gasteiger partial charge in [-0.1, -0.05) is 23.2 Å². The van der Waals surface area contributed by atoms with Gasteiger partial charge in [-0.15, -0.1) is 0 Å². The third-order valence-electron chi connectivity index (χ3n) is 5.32. The molecular weight excluding hydrogens is 437 g/mol. The zero-order valence-corrected chi connectivity index (χ0v) is 18.8. The Labute approximate surface area is 191 Å². The average molecular weight is 462 g/mol. The zero-order chi connectivity index (χ0) is 21.8. The van der Waals surface area contributed by atoms with Crippen LogP contribution in [0.25, 0.3) is 11.0 Å². The number of carbonyl (C=O) groups excluding carboxylic acids is 1. The van der Waals surface area contributed by atoms with Crippen molar-refractivity contribution in [2.45, 2.75) is 12.5 Å². The fourth-order valence-electron chi connectivity index (χ4n) is 3.76. The van der Waals surface area contributed by atoms with Gasteiger partial charge in [-0.25, -0.2) is 4.98 Å². The van der Waals surface area contributed by atoms with Gasteiger partial charge < -0.3 is 25.3 Å². The third-order valence-corrected chi connectivity index (χ3v) is 5.86. The van der Waals surface area contributed by atoms with Crippen LogP contribution in [0.4, 0.5) is 5.69 Å². The number of anilines is 1. The van der Waals surface area contributed by atoms with Gasteiger partial charge in [0.25, 0.3) is 5.91 Å². The lowest BCUT2D eigenvalue weighted by atomic mass is 10.1. The number of halogens is 2. The predicted octanol–water partition coefficient (Wildman–Crippen LogP) is 3.79. The van der Waals surface area contributed by atoms with Crippen molar-refractivity contribution in [3.8, 4) is 0 Å². The Bertz CT molecular complexity index is 1060. The first kappa shape index (κ1) is 21.9. The quantitative estimate of drug-likeness (QED) is 0.520. The number of H-pyrrole nitrogens is 1. The minimum atomic E-state index is -0.446. The Morgan fingerprint density at radius 3 is 2.90 bits per heavy atom. The van der Waals surface area contributed by atoms with E-state index in [1.165, 1.54) is 0 Å². The monoisotopic (exact) mass is 461 g/mol. The number of aromatic amines is 1. The van der Waals surface area contributed by atoms with Crippen molar-refractivity contribution in [1.29, 1.82) is 0 Å². The molecule has 1 amide bonds. The van der Waals surface area contributed by atoms with Crippen molar-refractivity contribution in [2.24, 2.45) is 0 Å². The number of aromatic nitrogens is 2. The van der Waals surface area contributed by atoms with Gasteiger partial charge in [0.15, 0.2) is 0 Å². The maximum atomic E-state index is 13.0. The maximum absolute atomic E-state index is 13.0. The molecule has 1 aliphatic rings. The van der Waals surface area contributed by atoms with E-state index in [0.717, 1.165) is 49.3 Å². The molecule has 164 valence electrons. The van der Waals surface area contributed by atoms with Gasteiger partial charge in [-0.2, -0.15) is 0 Å². The fourth-order valence-corrected chi connectivity index (χ4v) is 4.23. The summed E-state index contributed by atoms with van der Waals surface area (Å²) in [6.45, 7) is 4.01. The van der Waals surface area contributed by atoms with Crippen LogP contribution in [0.1, 0.15) is 28.6 Å². The summed E-state index contributed by atoms with van der Waals surface area (Å²) >= 11 is 12.6. The third kappa shape index (κ3) is 5.13. The smallest absolute Gasteiger partial charge is 0.252 e. The predicted molar refractivity (Wildman–Crippen MR) is 124 cm³/mol. The van der Waals surface area contributed by atoms with E-state index in [9.17, 15) is 4.79 Å². The molecule has 1 saturated heterocycles. The number of rotatable bonds is 6. The summed E-state index contributed by atoms with van der Waals surface area (Å²) in [5.74, 6) is 0.360. The molecule has 1 aromatic heterocycles. The van der Waals surface area contributed by atoms with E-state index in [1.807, 2.05) is 12.1 Å². The van der Waals surface area contributed by atoms with Crippen molar-refractivity contribution in [3.63, 3.8) is 0 Å². The van der Waals surface area contributed by atoms with Crippen LogP contribution in [0.3, 0.4) is 0 Å². The number of ether oxygens (including phenoxy) is 1. The van der Waals surface area contributed by atoms with Gasteiger partial charge in [-0.05, 0) is 49.4 Å². The maximum Gasteiger partial charge on any atom is 0.252 e. The van der Waals surface area contributed by atoms with Crippen LogP contribution in [0.2, 0.25) is 10.0 Å². The lowest BCUT2D eigenvalue weighted by Crippen LogP contribution is -2.32. The molecule has 9 heteroatoms. The summed E-state index contributed by atoms with van der Waals surface area (Å²) in [6.07, 6.45) is 1.06. The number of nitrogens with zero attached hydrogens (tertiary/aromatic N) is 2. The summed E-state index contributed by atoms with van der Waals surface area (Å²) < 4.78 is 5.31. The second kappa shape index (κ2) is 9.87. The molecule has 1 unspecified atom stereocenters. The van der Waals surface area contributed by atoms with Gasteiger partial charge in [0.05, 0.1) is 28.4 Å². The second-order valence-corrected chi connectivity index (χ2v) is 8.37. The molecule has 1 fully saturated rings. The minimum absolute atomic E-state index is 0.244. The van der Waals surface area contributed by atoms with Gasteiger partial charge in [0, 0.05) is 37.3 Å². The number of hydrogen-bond donors (Lipinski definition) is 3. The van der Waals surface area contributed by atoms with Crippen LogP contribution in [0, 0.1) is 0 Å². The number of benzene rings is 2. The Kier molecular flexibility index (Phi) is 6.97. The Morgan fingerprint density at radius 2 is 2.10 bits per heavy atom. The molecule has 0 spiro atoms. The van der Waals surface area contributed by atoms with E-state index in [1.54, 1.807) is 31.4 Å². The summed E-state index contributed by atoms with van der Waals surface area (Å²) in [4.78, 5) is 23.0. The average Bonchev–Trinajstić information content (AvgIpc) is 2.98. The Balaban J connectivity index is 1.52. The van der Waals surface area contributed by atoms with E-state index in [2.05, 4.69) is 25.5 Å². The van der Waals surface area contributed by atoms with Gasteiger partial charge >= 0.3 is 0 Å². The molecule has 31 heavy (non-hydrogen) atoms. The summed E-state index contributed by atoms with van der Waals surface area (Å²) in [5, 5.41) is 7.55. The topological polar surface area (TPSA) is 82.3 Å². The van der Waals surface area contributed by atoms with Crippen LogP contribution in [-0.4, -0.2) is 55.8 Å². The first-order valence-corrected chi connectivity index (χ1v) is 11.0. The van der Waals surface area contributed by atoms with Crippen molar-refractivity contribution >= 4 is 45.8 Å². The highest BCUT2D eigenvalue weighted by atomic mass is 35.5. The highest BCUT2D eigenvalue weighted by molar-refractivity contribution is 6.33. The molecule has 3 N–H and O–H groups in total. The molecule has 4 rings (SSSR count). The van der Waals surface area contributed by atoms with Crippen molar-refractivity contribution < 1.29 is 9.53 Å². The van der Waals surface area contributed by atoms with Crippen molar-refractivity contribution in [2.75, 3.05) is 44.8 Å². The highest BCUT2D eigenvalue weighted by Crippen LogP contribution is 2.28. The van der Waals surface area contributed by atoms with Crippen LogP contribution in [-0.2, 0) is 4.74 Å². The second-order valence-electron chi connectivity index (χ2n) is 7.52. The summed E-state index contributed by atoms with van der Waals surface area (Å²) in [7, 11) is 1.58. The van der Waals surface area contributed by atoms with E-state index >= 15 is 0 Å². The van der Waals surface area contributed by atoms with Crippen molar-refractivity contribution in [1.82, 2.24) is 20.6 Å². The standard InChI is InChI=1S/C22H25Cl2N5O2/c1-31-13-19(21-26-17-5-4-15(23)12-18(17)27-21)28-22(30)14-3-6-20(16(24)11-14)29-9-2-7-25-8-10-29/h3-6,11-12,19,25H,2,7-10,13H2,1H3,(H,26,27)(H,28,30). The van der Waals surface area contributed by atoms with Crippen LogP contribution in [0.5, 0.6) is 0 Å². The molecule has 0 radical (unpaired) electrons. The number of imidazole rings is 1. The van der Waals surface area contributed by atoms with Gasteiger partial charge in [0.1, 0.15) is 11.9 Å². The number of fused-ring (bicyclic) bond motifs is 1. The molecule has 2 heterocycles. The number of nitrogens with one attached hydrogen (secondary N) is 3. The number of amides is 1. The van der Waals surface area contributed by atoms with Crippen molar-refractivity contribution in [3.05, 3.63) is 57.8 Å². The Hall–Kier alpha value is -2.32. The van der Waals surface area contributed by atoms with Crippen LogP contribution >= 0.6 is 23.2 Å². The molecular formula is C22H25Cl2N5O2. The van der Waals surface area contributed by atoms with E-state index < -0.39 is 6.04 Å². The molecule has 7 nitrogen and oxygen atoms in total. The van der Waals surface area contributed by atoms with E-state index in [0.29, 0.717) is 21.4 Å². The minimum Gasteiger partial charge on any atom is -0.382 e. The van der Waals surface area contributed by atoms with E-state index in [4.69, 9.17) is 27.9 Å². The fraction of sp³-hybridized carbons (Fsp3) is 0.364. The van der Waals surface area contributed by atoms with Gasteiger partial charge in [-0.3, -0.25) is 4.79 Å². The molecule has 1 atom stereocenters. The highest BCUT2D eigenvalue weighted by Gasteiger charge is 2.21. The molecule has 3 aromatic rings. The summed E-state index contributed by atoms with van der Waals surface area (Å²) in [5.41, 5.74) is 3.01. The first-order chi connectivity index (χ1) is 15.0. The van der Waals surface area contributed by atoms with E-state index in [-0.39, 0.29) is 12.5 Å². The molecule has 0 aliphatic carbocycles. The van der Waals surface area contributed by atoms with Gasteiger partial charge in [0.2, 0.25) is 0 Å². The van der Waals surface area contributed by atoms with Crippen LogP contribution in [0.15, 0.2) is 36.4 Å². The Morgan fingerprint density at radius 1 is 1.23 bits per heavy atom.